The molecule has 0 radical (unpaired) electrons. The highest BCUT2D eigenvalue weighted by Crippen LogP contribution is 2.35. The lowest BCUT2D eigenvalue weighted by Crippen LogP contribution is -2.47. The summed E-state index contributed by atoms with van der Waals surface area (Å²) in [5.74, 6) is 2.58. The summed E-state index contributed by atoms with van der Waals surface area (Å²) in [6.07, 6.45) is 2.54. The molecule has 1 aliphatic heterocycles. The predicted octanol–water partition coefficient (Wildman–Crippen LogP) is 3.49. The lowest BCUT2D eigenvalue weighted by Gasteiger charge is -2.37. The van der Waals surface area contributed by atoms with Crippen LogP contribution in [0, 0.1) is 19.8 Å². The SMILES string of the molecule is Cc1cccc(COC[C@@H]2C[C@@H]3OCCN(Cc4ccc(C)o4)[C@H]3C2)n1. The molecule has 0 unspecified atom stereocenters. The third-order valence-electron chi connectivity index (χ3n) is 5.45. The molecule has 5 heteroatoms. The first-order chi connectivity index (χ1) is 12.7. The zero-order valence-electron chi connectivity index (χ0n) is 15.7. The van der Waals surface area contributed by atoms with Gasteiger partial charge in [0.25, 0.3) is 0 Å². The average molecular weight is 356 g/mol. The lowest BCUT2D eigenvalue weighted by molar-refractivity contribution is -0.0609. The number of hydrogen-bond donors (Lipinski definition) is 0. The Morgan fingerprint density at radius 1 is 1.19 bits per heavy atom. The van der Waals surface area contributed by atoms with Crippen LogP contribution >= 0.6 is 0 Å². The van der Waals surface area contributed by atoms with Crippen molar-refractivity contribution in [2.75, 3.05) is 19.8 Å². The van der Waals surface area contributed by atoms with Crippen LogP contribution in [0.1, 0.15) is 35.7 Å². The molecular formula is C21H28N2O3. The Kier molecular flexibility index (Phi) is 5.38. The van der Waals surface area contributed by atoms with Gasteiger partial charge in [0.2, 0.25) is 0 Å². The second-order valence-corrected chi connectivity index (χ2v) is 7.58. The first-order valence-electron chi connectivity index (χ1n) is 9.58. The standard InChI is InChI=1S/C21H28N2O3/c1-15-4-3-5-18(22-15)14-24-13-17-10-20-21(11-17)25-9-8-23(20)12-19-7-6-16(2)26-19/h3-7,17,20-21H,8-14H2,1-2H3/t17-,20-,21-/m0/s1. The van der Waals surface area contributed by atoms with Crippen molar-refractivity contribution in [2.45, 2.75) is 52.0 Å². The molecule has 0 aromatic carbocycles. The molecule has 3 heterocycles. The molecule has 2 fully saturated rings. The molecule has 5 nitrogen and oxygen atoms in total. The van der Waals surface area contributed by atoms with E-state index in [1.165, 1.54) is 0 Å². The second kappa shape index (κ2) is 7.91. The minimum Gasteiger partial charge on any atom is -0.465 e. The molecular weight excluding hydrogens is 328 g/mol. The van der Waals surface area contributed by atoms with Crippen molar-refractivity contribution in [3.63, 3.8) is 0 Å². The molecule has 0 amide bonds. The Morgan fingerprint density at radius 2 is 2.12 bits per heavy atom. The number of fused-ring (bicyclic) bond motifs is 1. The van der Waals surface area contributed by atoms with Gasteiger partial charge in [-0.3, -0.25) is 9.88 Å². The Bertz CT molecular complexity index is 730. The maximum Gasteiger partial charge on any atom is 0.118 e. The van der Waals surface area contributed by atoms with E-state index in [2.05, 4.69) is 16.0 Å². The Hall–Kier alpha value is -1.69. The topological polar surface area (TPSA) is 47.7 Å². The summed E-state index contributed by atoms with van der Waals surface area (Å²) >= 11 is 0. The van der Waals surface area contributed by atoms with Crippen LogP contribution < -0.4 is 0 Å². The number of rotatable bonds is 6. The van der Waals surface area contributed by atoms with Crippen molar-refractivity contribution in [2.24, 2.45) is 5.92 Å². The molecule has 0 bridgehead atoms. The molecule has 1 saturated heterocycles. The fourth-order valence-corrected chi connectivity index (χ4v) is 4.24. The van der Waals surface area contributed by atoms with Crippen molar-refractivity contribution in [3.8, 4) is 0 Å². The monoisotopic (exact) mass is 356 g/mol. The Morgan fingerprint density at radius 3 is 2.92 bits per heavy atom. The normalized spacial score (nSPS) is 26.2. The van der Waals surface area contributed by atoms with E-state index in [-0.39, 0.29) is 0 Å². The molecule has 0 N–H and O–H groups in total. The third kappa shape index (κ3) is 4.17. The van der Waals surface area contributed by atoms with Gasteiger partial charge >= 0.3 is 0 Å². The van der Waals surface area contributed by atoms with Gasteiger partial charge in [-0.15, -0.1) is 0 Å². The van der Waals surface area contributed by atoms with E-state index in [4.69, 9.17) is 13.9 Å². The summed E-state index contributed by atoms with van der Waals surface area (Å²) in [5, 5.41) is 0. The van der Waals surface area contributed by atoms with Crippen molar-refractivity contribution in [3.05, 3.63) is 53.2 Å². The van der Waals surface area contributed by atoms with Crippen molar-refractivity contribution >= 4 is 0 Å². The summed E-state index contributed by atoms with van der Waals surface area (Å²) < 4.78 is 17.8. The number of morpholine rings is 1. The first kappa shape index (κ1) is 17.7. The highest BCUT2D eigenvalue weighted by atomic mass is 16.5. The van der Waals surface area contributed by atoms with Crippen molar-refractivity contribution < 1.29 is 13.9 Å². The predicted molar refractivity (Wildman–Crippen MR) is 98.7 cm³/mol. The van der Waals surface area contributed by atoms with Gasteiger partial charge in [0.15, 0.2) is 0 Å². The third-order valence-corrected chi connectivity index (χ3v) is 5.45. The van der Waals surface area contributed by atoms with E-state index in [1.807, 2.05) is 38.1 Å². The van der Waals surface area contributed by atoms with Gasteiger partial charge in [-0.25, -0.2) is 0 Å². The summed E-state index contributed by atoms with van der Waals surface area (Å²) in [4.78, 5) is 7.02. The molecule has 0 spiro atoms. The highest BCUT2D eigenvalue weighted by molar-refractivity contribution is 5.09. The molecule has 3 atom stereocenters. The van der Waals surface area contributed by atoms with Crippen molar-refractivity contribution in [1.82, 2.24) is 9.88 Å². The Balaban J connectivity index is 1.29. The fourth-order valence-electron chi connectivity index (χ4n) is 4.24. The zero-order valence-corrected chi connectivity index (χ0v) is 15.7. The molecule has 2 aromatic heterocycles. The summed E-state index contributed by atoms with van der Waals surface area (Å²) in [5.41, 5.74) is 2.04. The van der Waals surface area contributed by atoms with Gasteiger partial charge in [-0.1, -0.05) is 6.07 Å². The van der Waals surface area contributed by atoms with Gasteiger partial charge in [-0.05, 0) is 56.9 Å². The average Bonchev–Trinajstić information content (AvgIpc) is 3.21. The number of nitrogens with zero attached hydrogens (tertiary/aromatic N) is 2. The van der Waals surface area contributed by atoms with Gasteiger partial charge in [0.1, 0.15) is 11.5 Å². The number of aryl methyl sites for hydroxylation is 2. The molecule has 4 rings (SSSR count). The van der Waals surface area contributed by atoms with E-state index < -0.39 is 0 Å². The minimum atomic E-state index is 0.325. The molecule has 1 saturated carbocycles. The van der Waals surface area contributed by atoms with Crippen LogP contribution in [0.15, 0.2) is 34.7 Å². The smallest absolute Gasteiger partial charge is 0.118 e. The van der Waals surface area contributed by atoms with Crippen LogP contribution in [0.25, 0.3) is 0 Å². The summed E-state index contributed by atoms with van der Waals surface area (Å²) in [7, 11) is 0. The van der Waals surface area contributed by atoms with Crippen LogP contribution in [-0.2, 0) is 22.6 Å². The number of furan rings is 1. The summed E-state index contributed by atoms with van der Waals surface area (Å²) in [6.45, 7) is 8.03. The van der Waals surface area contributed by atoms with Crippen LogP contribution in [0.3, 0.4) is 0 Å². The van der Waals surface area contributed by atoms with E-state index in [0.29, 0.717) is 24.7 Å². The maximum absolute atomic E-state index is 6.05. The van der Waals surface area contributed by atoms with Gasteiger partial charge in [-0.2, -0.15) is 0 Å². The molecule has 140 valence electrons. The Labute approximate surface area is 155 Å². The van der Waals surface area contributed by atoms with Crippen LogP contribution in [0.4, 0.5) is 0 Å². The van der Waals surface area contributed by atoms with E-state index in [0.717, 1.165) is 62.1 Å². The maximum atomic E-state index is 6.05. The van der Waals surface area contributed by atoms with Crippen LogP contribution in [0.5, 0.6) is 0 Å². The highest BCUT2D eigenvalue weighted by Gasteiger charge is 2.41. The molecule has 2 aliphatic rings. The quantitative estimate of drug-likeness (QED) is 0.793. The second-order valence-electron chi connectivity index (χ2n) is 7.58. The zero-order chi connectivity index (χ0) is 17.9. The van der Waals surface area contributed by atoms with Gasteiger partial charge in [0.05, 0.1) is 38.2 Å². The fraction of sp³-hybridized carbons (Fsp3) is 0.571. The molecule has 2 aromatic rings. The van der Waals surface area contributed by atoms with Crippen LogP contribution in [-0.4, -0.2) is 41.8 Å². The van der Waals surface area contributed by atoms with E-state index in [1.54, 1.807) is 0 Å². The lowest BCUT2D eigenvalue weighted by atomic mass is 10.1. The number of aromatic nitrogens is 1. The number of hydrogen-bond acceptors (Lipinski definition) is 5. The molecule has 1 aliphatic carbocycles. The van der Waals surface area contributed by atoms with E-state index in [9.17, 15) is 0 Å². The number of ether oxygens (including phenoxy) is 2. The molecule has 26 heavy (non-hydrogen) atoms. The van der Waals surface area contributed by atoms with Gasteiger partial charge in [0, 0.05) is 18.3 Å². The first-order valence-corrected chi connectivity index (χ1v) is 9.58. The summed E-state index contributed by atoms with van der Waals surface area (Å²) in [6, 6.07) is 10.7. The minimum absolute atomic E-state index is 0.325. The van der Waals surface area contributed by atoms with E-state index >= 15 is 0 Å². The largest absolute Gasteiger partial charge is 0.465 e. The van der Waals surface area contributed by atoms with Crippen LogP contribution in [0.2, 0.25) is 0 Å². The van der Waals surface area contributed by atoms with Gasteiger partial charge < -0.3 is 13.9 Å². The van der Waals surface area contributed by atoms with Crippen molar-refractivity contribution in [1.29, 1.82) is 0 Å². The number of pyridine rings is 1.